The maximum absolute atomic E-state index is 12.3. The van der Waals surface area contributed by atoms with E-state index < -0.39 is 0 Å². The van der Waals surface area contributed by atoms with Gasteiger partial charge in [0.25, 0.3) is 5.91 Å². The van der Waals surface area contributed by atoms with Crippen LogP contribution in [0.4, 0.5) is 5.69 Å². The number of amides is 2. The second kappa shape index (κ2) is 7.04. The highest BCUT2D eigenvalue weighted by Crippen LogP contribution is 2.20. The fourth-order valence-corrected chi connectivity index (χ4v) is 2.46. The Morgan fingerprint density at radius 3 is 2.52 bits per heavy atom. The summed E-state index contributed by atoms with van der Waals surface area (Å²) >= 11 is 0. The number of carbonyl (C=O) groups is 2. The molecule has 1 aromatic rings. The molecule has 0 heterocycles. The van der Waals surface area contributed by atoms with Gasteiger partial charge in [-0.1, -0.05) is 18.7 Å². The van der Waals surface area contributed by atoms with Crippen molar-refractivity contribution in [3.05, 3.63) is 42.5 Å². The number of para-hydroxylation sites is 1. The summed E-state index contributed by atoms with van der Waals surface area (Å²) in [6, 6.07) is 6.94. The Balaban J connectivity index is 2.05. The van der Waals surface area contributed by atoms with Gasteiger partial charge < -0.3 is 15.7 Å². The minimum absolute atomic E-state index is 0.0732. The molecule has 21 heavy (non-hydrogen) atoms. The summed E-state index contributed by atoms with van der Waals surface area (Å²) in [5.74, 6) is -0.563. The van der Waals surface area contributed by atoms with Gasteiger partial charge in [-0.15, -0.1) is 0 Å². The third-order valence-corrected chi connectivity index (χ3v) is 3.65. The fourth-order valence-electron chi connectivity index (χ4n) is 2.46. The van der Waals surface area contributed by atoms with Crippen LogP contribution in [0.2, 0.25) is 0 Å². The number of hydrogen-bond acceptors (Lipinski definition) is 3. The van der Waals surface area contributed by atoms with Crippen LogP contribution >= 0.6 is 0 Å². The van der Waals surface area contributed by atoms with E-state index in [9.17, 15) is 14.7 Å². The molecule has 0 saturated heterocycles. The Morgan fingerprint density at radius 1 is 1.19 bits per heavy atom. The monoisotopic (exact) mass is 288 g/mol. The van der Waals surface area contributed by atoms with Gasteiger partial charge in [0.1, 0.15) is 0 Å². The molecule has 0 aliphatic heterocycles. The molecule has 2 amide bonds. The van der Waals surface area contributed by atoms with Crippen LogP contribution in [-0.4, -0.2) is 29.1 Å². The SMILES string of the molecule is C=CC(=O)Nc1ccccc1C(=O)NC1CCC(O)CC1. The van der Waals surface area contributed by atoms with Gasteiger partial charge in [0.2, 0.25) is 5.91 Å². The number of aliphatic hydroxyl groups excluding tert-OH is 1. The topological polar surface area (TPSA) is 78.4 Å². The van der Waals surface area contributed by atoms with Gasteiger partial charge in [0.05, 0.1) is 17.4 Å². The summed E-state index contributed by atoms with van der Waals surface area (Å²) in [5, 5.41) is 15.1. The van der Waals surface area contributed by atoms with Crippen LogP contribution in [0.1, 0.15) is 36.0 Å². The molecule has 5 nitrogen and oxygen atoms in total. The number of hydrogen-bond donors (Lipinski definition) is 3. The van der Waals surface area contributed by atoms with Gasteiger partial charge >= 0.3 is 0 Å². The standard InChI is InChI=1S/C16H20N2O3/c1-2-15(20)18-14-6-4-3-5-13(14)16(21)17-11-7-9-12(19)10-8-11/h2-6,11-12,19H,1,7-10H2,(H,17,21)(H,18,20). The molecule has 0 spiro atoms. The molecule has 0 aromatic heterocycles. The minimum atomic E-state index is -0.351. The second-order valence-corrected chi connectivity index (χ2v) is 5.22. The number of rotatable bonds is 4. The van der Waals surface area contributed by atoms with Gasteiger partial charge in [0, 0.05) is 6.04 Å². The van der Waals surface area contributed by atoms with Gasteiger partial charge in [-0.3, -0.25) is 9.59 Å². The van der Waals surface area contributed by atoms with Crippen LogP contribution in [0.25, 0.3) is 0 Å². The predicted molar refractivity (Wildman–Crippen MR) is 81.0 cm³/mol. The third-order valence-electron chi connectivity index (χ3n) is 3.65. The number of anilines is 1. The summed E-state index contributed by atoms with van der Waals surface area (Å²) in [7, 11) is 0. The zero-order valence-electron chi connectivity index (χ0n) is 11.8. The van der Waals surface area contributed by atoms with Gasteiger partial charge in [-0.2, -0.15) is 0 Å². The lowest BCUT2D eigenvalue weighted by molar-refractivity contribution is -0.111. The molecular weight excluding hydrogens is 268 g/mol. The summed E-state index contributed by atoms with van der Waals surface area (Å²) in [5.41, 5.74) is 0.898. The van der Waals surface area contributed by atoms with Crippen molar-refractivity contribution in [2.75, 3.05) is 5.32 Å². The van der Waals surface area contributed by atoms with E-state index in [2.05, 4.69) is 17.2 Å². The highest BCUT2D eigenvalue weighted by Gasteiger charge is 2.22. The van der Waals surface area contributed by atoms with Crippen LogP contribution in [-0.2, 0) is 4.79 Å². The van der Waals surface area contributed by atoms with E-state index in [0.29, 0.717) is 24.1 Å². The molecule has 5 heteroatoms. The average Bonchev–Trinajstić information content (AvgIpc) is 2.50. The van der Waals surface area contributed by atoms with E-state index in [1.54, 1.807) is 24.3 Å². The molecule has 0 unspecified atom stereocenters. The van der Waals surface area contributed by atoms with E-state index in [0.717, 1.165) is 18.9 Å². The molecule has 1 fully saturated rings. The van der Waals surface area contributed by atoms with Crippen LogP contribution < -0.4 is 10.6 Å². The predicted octanol–water partition coefficient (Wildman–Crippen LogP) is 1.84. The average molecular weight is 288 g/mol. The number of carbonyl (C=O) groups excluding carboxylic acids is 2. The normalized spacial score (nSPS) is 21.4. The Bertz CT molecular complexity index is 534. The second-order valence-electron chi connectivity index (χ2n) is 5.22. The first-order valence-electron chi connectivity index (χ1n) is 7.11. The molecule has 1 aliphatic rings. The summed E-state index contributed by atoms with van der Waals surface area (Å²) < 4.78 is 0. The number of benzene rings is 1. The van der Waals surface area contributed by atoms with Crippen molar-refractivity contribution in [2.24, 2.45) is 0 Å². The molecule has 0 bridgehead atoms. The van der Waals surface area contributed by atoms with Crippen molar-refractivity contribution < 1.29 is 14.7 Å². The summed E-state index contributed by atoms with van der Waals surface area (Å²) in [4.78, 5) is 23.7. The maximum atomic E-state index is 12.3. The molecule has 1 saturated carbocycles. The van der Waals surface area contributed by atoms with Crippen molar-refractivity contribution in [2.45, 2.75) is 37.8 Å². The van der Waals surface area contributed by atoms with Crippen molar-refractivity contribution in [1.29, 1.82) is 0 Å². The zero-order chi connectivity index (χ0) is 15.2. The van der Waals surface area contributed by atoms with E-state index in [4.69, 9.17) is 0 Å². The highest BCUT2D eigenvalue weighted by molar-refractivity contribution is 6.06. The van der Waals surface area contributed by atoms with Gasteiger partial charge in [-0.05, 0) is 43.9 Å². The van der Waals surface area contributed by atoms with E-state index in [1.165, 1.54) is 0 Å². The van der Waals surface area contributed by atoms with E-state index >= 15 is 0 Å². The van der Waals surface area contributed by atoms with Crippen LogP contribution in [0, 0.1) is 0 Å². The van der Waals surface area contributed by atoms with Crippen molar-refractivity contribution in [1.82, 2.24) is 5.32 Å². The zero-order valence-corrected chi connectivity index (χ0v) is 11.8. The molecule has 1 aliphatic carbocycles. The Hall–Kier alpha value is -2.14. The van der Waals surface area contributed by atoms with E-state index in [1.807, 2.05) is 0 Å². The Kier molecular flexibility index (Phi) is 5.11. The van der Waals surface area contributed by atoms with Crippen LogP contribution in [0.5, 0.6) is 0 Å². The minimum Gasteiger partial charge on any atom is -0.393 e. The third kappa shape index (κ3) is 4.16. The Labute approximate surface area is 124 Å². The smallest absolute Gasteiger partial charge is 0.253 e. The largest absolute Gasteiger partial charge is 0.393 e. The molecule has 112 valence electrons. The van der Waals surface area contributed by atoms with Crippen molar-refractivity contribution >= 4 is 17.5 Å². The van der Waals surface area contributed by atoms with Gasteiger partial charge in [0.15, 0.2) is 0 Å². The van der Waals surface area contributed by atoms with Crippen LogP contribution in [0.3, 0.4) is 0 Å². The lowest BCUT2D eigenvalue weighted by Crippen LogP contribution is -2.38. The molecule has 0 radical (unpaired) electrons. The first-order valence-corrected chi connectivity index (χ1v) is 7.11. The van der Waals surface area contributed by atoms with Gasteiger partial charge in [-0.25, -0.2) is 0 Å². The van der Waals surface area contributed by atoms with Crippen molar-refractivity contribution in [3.8, 4) is 0 Å². The van der Waals surface area contributed by atoms with Crippen LogP contribution in [0.15, 0.2) is 36.9 Å². The number of nitrogens with one attached hydrogen (secondary N) is 2. The number of aliphatic hydroxyl groups is 1. The summed E-state index contributed by atoms with van der Waals surface area (Å²) in [6.07, 6.45) is 3.87. The molecular formula is C16H20N2O3. The quantitative estimate of drug-likeness (QED) is 0.740. The summed E-state index contributed by atoms with van der Waals surface area (Å²) in [6.45, 7) is 3.40. The molecule has 1 aromatic carbocycles. The first kappa shape index (κ1) is 15.3. The fraction of sp³-hybridized carbons (Fsp3) is 0.375. The maximum Gasteiger partial charge on any atom is 0.253 e. The van der Waals surface area contributed by atoms with E-state index in [-0.39, 0.29) is 24.0 Å². The lowest BCUT2D eigenvalue weighted by atomic mass is 9.93. The van der Waals surface area contributed by atoms with Crippen molar-refractivity contribution in [3.63, 3.8) is 0 Å². The first-order chi connectivity index (χ1) is 10.1. The molecule has 0 atom stereocenters. The highest BCUT2D eigenvalue weighted by atomic mass is 16.3. The molecule has 3 N–H and O–H groups in total. The lowest BCUT2D eigenvalue weighted by Gasteiger charge is -2.26. The molecule has 2 rings (SSSR count). The Morgan fingerprint density at radius 2 is 1.86 bits per heavy atom.